The van der Waals surface area contributed by atoms with Crippen molar-refractivity contribution in [1.29, 1.82) is 0 Å². The molecule has 0 atom stereocenters. The highest BCUT2D eigenvalue weighted by molar-refractivity contribution is 5.94. The zero-order chi connectivity index (χ0) is 10.8. The molecule has 1 heterocycles. The molecule has 0 unspecified atom stereocenters. The molecule has 0 saturated heterocycles. The third kappa shape index (κ3) is 1.79. The van der Waals surface area contributed by atoms with E-state index in [2.05, 4.69) is 10.3 Å². The summed E-state index contributed by atoms with van der Waals surface area (Å²) in [5.41, 5.74) is 2.06. The molecule has 15 heavy (non-hydrogen) atoms. The number of H-pyrrole nitrogens is 1. The Hall–Kier alpha value is -1.58. The van der Waals surface area contributed by atoms with Crippen molar-refractivity contribution in [2.24, 2.45) is 0 Å². The van der Waals surface area contributed by atoms with Crippen molar-refractivity contribution >= 4 is 5.91 Å². The zero-order valence-electron chi connectivity index (χ0n) is 8.72. The van der Waals surface area contributed by atoms with Crippen LogP contribution in [0.4, 0.5) is 0 Å². The van der Waals surface area contributed by atoms with E-state index in [9.17, 15) is 9.59 Å². The van der Waals surface area contributed by atoms with Crippen LogP contribution < -0.4 is 10.9 Å². The van der Waals surface area contributed by atoms with Gasteiger partial charge >= 0.3 is 0 Å². The number of amides is 1. The highest BCUT2D eigenvalue weighted by Crippen LogP contribution is 2.18. The average Bonchev–Trinajstić information content (AvgIpc) is 2.63. The second kappa shape index (κ2) is 3.88. The number of fused-ring (bicyclic) bond motifs is 1. The molecule has 0 fully saturated rings. The third-order valence-corrected chi connectivity index (χ3v) is 2.67. The van der Waals surface area contributed by atoms with E-state index in [0.29, 0.717) is 6.54 Å². The molecule has 0 radical (unpaired) electrons. The molecule has 0 aromatic carbocycles. The number of nitrogens with one attached hydrogen (secondary N) is 2. The monoisotopic (exact) mass is 206 g/mol. The van der Waals surface area contributed by atoms with Crippen LogP contribution in [0, 0.1) is 0 Å². The van der Waals surface area contributed by atoms with Crippen molar-refractivity contribution in [2.45, 2.75) is 26.2 Å². The molecular weight excluding hydrogens is 192 g/mol. The molecule has 80 valence electrons. The molecule has 1 aliphatic rings. The standard InChI is InChI=1S/C11H14N2O2/c1-2-12-10(14)8-6-7-4-3-5-9(7)13-11(8)15/h6H,2-5H2,1H3,(H,12,14)(H,13,15). The molecule has 0 saturated carbocycles. The lowest BCUT2D eigenvalue weighted by Crippen LogP contribution is -2.29. The van der Waals surface area contributed by atoms with Gasteiger partial charge in [-0.15, -0.1) is 0 Å². The number of rotatable bonds is 2. The lowest BCUT2D eigenvalue weighted by molar-refractivity contribution is 0.0954. The number of aromatic nitrogens is 1. The second-order valence-electron chi connectivity index (χ2n) is 3.73. The van der Waals surface area contributed by atoms with Crippen LogP contribution >= 0.6 is 0 Å². The van der Waals surface area contributed by atoms with Crippen LogP contribution in [0.1, 0.15) is 35.0 Å². The quantitative estimate of drug-likeness (QED) is 0.744. The van der Waals surface area contributed by atoms with Crippen molar-refractivity contribution in [1.82, 2.24) is 10.3 Å². The van der Waals surface area contributed by atoms with Crippen LogP contribution in [0.25, 0.3) is 0 Å². The van der Waals surface area contributed by atoms with Crippen LogP contribution in [-0.4, -0.2) is 17.4 Å². The van der Waals surface area contributed by atoms with Gasteiger partial charge < -0.3 is 10.3 Å². The predicted octanol–water partition coefficient (Wildman–Crippen LogP) is 0.613. The summed E-state index contributed by atoms with van der Waals surface area (Å²) < 4.78 is 0. The van der Waals surface area contributed by atoms with Gasteiger partial charge in [-0.05, 0) is 37.8 Å². The van der Waals surface area contributed by atoms with E-state index < -0.39 is 0 Å². The fraction of sp³-hybridized carbons (Fsp3) is 0.455. The molecule has 1 amide bonds. The van der Waals surface area contributed by atoms with Crippen LogP contribution in [0.5, 0.6) is 0 Å². The summed E-state index contributed by atoms with van der Waals surface area (Å²) in [6, 6.07) is 1.73. The minimum absolute atomic E-state index is 0.234. The Morgan fingerprint density at radius 2 is 2.33 bits per heavy atom. The van der Waals surface area contributed by atoms with E-state index in [-0.39, 0.29) is 17.0 Å². The molecule has 1 aliphatic carbocycles. The van der Waals surface area contributed by atoms with Crippen molar-refractivity contribution < 1.29 is 4.79 Å². The molecule has 4 nitrogen and oxygen atoms in total. The molecule has 1 aromatic rings. The number of hydrogen-bond donors (Lipinski definition) is 2. The summed E-state index contributed by atoms with van der Waals surface area (Å²) >= 11 is 0. The molecular formula is C11H14N2O2. The average molecular weight is 206 g/mol. The largest absolute Gasteiger partial charge is 0.352 e. The number of carbonyl (C=O) groups excluding carboxylic acids is 1. The number of aryl methyl sites for hydroxylation is 2. The van der Waals surface area contributed by atoms with Crippen LogP contribution in [0.15, 0.2) is 10.9 Å². The fourth-order valence-corrected chi connectivity index (χ4v) is 1.94. The highest BCUT2D eigenvalue weighted by atomic mass is 16.2. The van der Waals surface area contributed by atoms with Gasteiger partial charge in [0.05, 0.1) is 0 Å². The Morgan fingerprint density at radius 1 is 1.53 bits per heavy atom. The third-order valence-electron chi connectivity index (χ3n) is 2.67. The Bertz CT molecular complexity index is 448. The van der Waals surface area contributed by atoms with E-state index in [1.165, 1.54) is 0 Å². The molecule has 0 aliphatic heterocycles. The van der Waals surface area contributed by atoms with Crippen LogP contribution in [0.2, 0.25) is 0 Å². The number of carbonyl (C=O) groups is 1. The smallest absolute Gasteiger partial charge is 0.261 e. The molecule has 4 heteroatoms. The maximum absolute atomic E-state index is 11.6. The minimum Gasteiger partial charge on any atom is -0.352 e. The van der Waals surface area contributed by atoms with Crippen molar-refractivity contribution in [3.8, 4) is 0 Å². The summed E-state index contributed by atoms with van der Waals surface area (Å²) in [7, 11) is 0. The highest BCUT2D eigenvalue weighted by Gasteiger charge is 2.17. The van der Waals surface area contributed by atoms with Gasteiger partial charge in [0.2, 0.25) is 0 Å². The van der Waals surface area contributed by atoms with Crippen molar-refractivity contribution in [2.75, 3.05) is 6.54 Å². The first kappa shape index (κ1) is 9.96. The molecule has 0 bridgehead atoms. The van der Waals surface area contributed by atoms with Gasteiger partial charge in [0.25, 0.3) is 11.5 Å². The SMILES string of the molecule is CCNC(=O)c1cc2c([nH]c1=O)CCC2. The number of pyridine rings is 1. The summed E-state index contributed by atoms with van der Waals surface area (Å²) in [6.07, 6.45) is 2.93. The van der Waals surface area contributed by atoms with Gasteiger partial charge in [-0.2, -0.15) is 0 Å². The van der Waals surface area contributed by atoms with E-state index in [4.69, 9.17) is 0 Å². The zero-order valence-corrected chi connectivity index (χ0v) is 8.72. The molecule has 1 aromatic heterocycles. The van der Waals surface area contributed by atoms with Gasteiger partial charge in [-0.3, -0.25) is 9.59 Å². The van der Waals surface area contributed by atoms with Gasteiger partial charge in [0.1, 0.15) is 5.56 Å². The Kier molecular flexibility index (Phi) is 2.58. The van der Waals surface area contributed by atoms with Crippen molar-refractivity contribution in [3.63, 3.8) is 0 Å². The normalized spacial score (nSPS) is 13.7. The lowest BCUT2D eigenvalue weighted by Gasteiger charge is -2.04. The maximum atomic E-state index is 11.6. The van der Waals surface area contributed by atoms with E-state index in [1.54, 1.807) is 6.07 Å². The number of aromatic amines is 1. The first-order valence-corrected chi connectivity index (χ1v) is 5.25. The van der Waals surface area contributed by atoms with E-state index in [0.717, 1.165) is 30.5 Å². The maximum Gasteiger partial charge on any atom is 0.261 e. The lowest BCUT2D eigenvalue weighted by atomic mass is 10.1. The summed E-state index contributed by atoms with van der Waals surface area (Å²) in [5.74, 6) is -0.284. The first-order valence-electron chi connectivity index (χ1n) is 5.25. The fourth-order valence-electron chi connectivity index (χ4n) is 1.94. The van der Waals surface area contributed by atoms with E-state index >= 15 is 0 Å². The summed E-state index contributed by atoms with van der Waals surface area (Å²) in [6.45, 7) is 2.37. The molecule has 2 rings (SSSR count). The van der Waals surface area contributed by atoms with E-state index in [1.807, 2.05) is 6.92 Å². The Morgan fingerprint density at radius 3 is 3.07 bits per heavy atom. The van der Waals surface area contributed by atoms with Gasteiger partial charge in [-0.25, -0.2) is 0 Å². The Labute approximate surface area is 87.7 Å². The summed E-state index contributed by atoms with van der Waals surface area (Å²) in [5, 5.41) is 2.63. The van der Waals surface area contributed by atoms with Crippen LogP contribution in [-0.2, 0) is 12.8 Å². The summed E-state index contributed by atoms with van der Waals surface area (Å²) in [4.78, 5) is 25.9. The predicted molar refractivity (Wildman–Crippen MR) is 57.1 cm³/mol. The topological polar surface area (TPSA) is 62.0 Å². The Balaban J connectivity index is 2.41. The minimum atomic E-state index is -0.284. The van der Waals surface area contributed by atoms with Crippen molar-refractivity contribution in [3.05, 3.63) is 33.2 Å². The van der Waals surface area contributed by atoms with Gasteiger partial charge in [0.15, 0.2) is 0 Å². The number of hydrogen-bond acceptors (Lipinski definition) is 2. The molecule has 2 N–H and O–H groups in total. The second-order valence-corrected chi connectivity index (χ2v) is 3.73. The first-order chi connectivity index (χ1) is 7.22. The molecule has 0 spiro atoms. The van der Waals surface area contributed by atoms with Crippen LogP contribution in [0.3, 0.4) is 0 Å². The van der Waals surface area contributed by atoms with Gasteiger partial charge in [0, 0.05) is 12.2 Å². The van der Waals surface area contributed by atoms with Gasteiger partial charge in [-0.1, -0.05) is 0 Å².